The maximum absolute atomic E-state index is 12.5. The summed E-state index contributed by atoms with van der Waals surface area (Å²) in [4.78, 5) is 22.7. The number of rotatable bonds is 5. The molecule has 0 radical (unpaired) electrons. The van der Waals surface area contributed by atoms with Gasteiger partial charge in [-0.05, 0) is 42.7 Å². The Morgan fingerprint density at radius 3 is 2.42 bits per heavy atom. The van der Waals surface area contributed by atoms with Gasteiger partial charge in [-0.1, -0.05) is 36.4 Å². The molecular weight excluding hydrogens is 324 g/mol. The van der Waals surface area contributed by atoms with Crippen molar-refractivity contribution in [2.45, 2.75) is 20.4 Å². The monoisotopic (exact) mass is 346 g/mol. The predicted octanol–water partition coefficient (Wildman–Crippen LogP) is 4.11. The Hall–Kier alpha value is -3.21. The van der Waals surface area contributed by atoms with Crippen LogP contribution < -0.4 is 5.32 Å². The van der Waals surface area contributed by atoms with Crippen LogP contribution in [0.2, 0.25) is 0 Å². The van der Waals surface area contributed by atoms with E-state index in [0.29, 0.717) is 18.1 Å². The first-order valence-corrected chi connectivity index (χ1v) is 8.48. The Balaban J connectivity index is 1.66. The van der Waals surface area contributed by atoms with E-state index in [4.69, 9.17) is 0 Å². The number of carbonyl (C=O) groups is 1. The maximum Gasteiger partial charge on any atom is 0.274 e. The second kappa shape index (κ2) is 7.78. The third-order valence-corrected chi connectivity index (χ3v) is 4.26. The van der Waals surface area contributed by atoms with E-state index in [0.717, 1.165) is 11.3 Å². The molecule has 0 bridgehead atoms. The fraction of sp³-hybridized carbons (Fsp3) is 0.190. The SMILES string of the molecule is Cc1ccc(Nc2cnc(C(=O)N(C)Cc3ccccc3)cn2)cc1C. The molecule has 0 fully saturated rings. The van der Waals surface area contributed by atoms with Crippen molar-refractivity contribution in [2.24, 2.45) is 0 Å². The first-order chi connectivity index (χ1) is 12.5. The van der Waals surface area contributed by atoms with Crippen molar-refractivity contribution in [2.75, 3.05) is 12.4 Å². The van der Waals surface area contributed by atoms with Gasteiger partial charge >= 0.3 is 0 Å². The number of aryl methyl sites for hydroxylation is 2. The van der Waals surface area contributed by atoms with Crippen LogP contribution in [-0.2, 0) is 6.54 Å². The van der Waals surface area contributed by atoms with Crippen molar-refractivity contribution >= 4 is 17.4 Å². The maximum atomic E-state index is 12.5. The van der Waals surface area contributed by atoms with Gasteiger partial charge in [0.25, 0.3) is 5.91 Å². The second-order valence-corrected chi connectivity index (χ2v) is 6.36. The van der Waals surface area contributed by atoms with E-state index >= 15 is 0 Å². The molecule has 0 atom stereocenters. The zero-order valence-corrected chi connectivity index (χ0v) is 15.2. The van der Waals surface area contributed by atoms with Gasteiger partial charge in [0.1, 0.15) is 11.5 Å². The van der Waals surface area contributed by atoms with Crippen molar-refractivity contribution in [3.05, 3.63) is 83.3 Å². The number of nitrogens with zero attached hydrogens (tertiary/aromatic N) is 3. The molecule has 0 saturated carbocycles. The van der Waals surface area contributed by atoms with Crippen LogP contribution in [-0.4, -0.2) is 27.8 Å². The molecule has 3 aromatic rings. The lowest BCUT2D eigenvalue weighted by molar-refractivity contribution is 0.0779. The fourth-order valence-corrected chi connectivity index (χ4v) is 2.59. The number of amides is 1. The molecule has 1 N–H and O–H groups in total. The molecule has 0 unspecified atom stereocenters. The first-order valence-electron chi connectivity index (χ1n) is 8.48. The largest absolute Gasteiger partial charge is 0.339 e. The van der Waals surface area contributed by atoms with E-state index in [-0.39, 0.29) is 5.91 Å². The summed E-state index contributed by atoms with van der Waals surface area (Å²) in [5.41, 5.74) is 4.79. The average molecular weight is 346 g/mol. The minimum absolute atomic E-state index is 0.154. The van der Waals surface area contributed by atoms with Gasteiger partial charge in [-0.15, -0.1) is 0 Å². The molecular formula is C21H22N4O. The molecule has 1 aromatic heterocycles. The van der Waals surface area contributed by atoms with Gasteiger partial charge in [0, 0.05) is 19.3 Å². The van der Waals surface area contributed by atoms with E-state index in [2.05, 4.69) is 41.3 Å². The van der Waals surface area contributed by atoms with E-state index in [1.54, 1.807) is 18.1 Å². The number of hydrogen-bond acceptors (Lipinski definition) is 4. The van der Waals surface area contributed by atoms with Crippen molar-refractivity contribution in [1.82, 2.24) is 14.9 Å². The van der Waals surface area contributed by atoms with Crippen LogP contribution >= 0.6 is 0 Å². The third-order valence-electron chi connectivity index (χ3n) is 4.26. The molecule has 5 heteroatoms. The minimum Gasteiger partial charge on any atom is -0.339 e. The average Bonchev–Trinajstić information content (AvgIpc) is 2.65. The second-order valence-electron chi connectivity index (χ2n) is 6.36. The standard InChI is InChI=1S/C21H22N4O/c1-15-9-10-18(11-16(15)2)24-20-13-22-19(12-23-20)21(26)25(3)14-17-7-5-4-6-8-17/h4-13H,14H2,1-3H3,(H,23,24). The molecule has 0 aliphatic carbocycles. The predicted molar refractivity (Wildman–Crippen MR) is 103 cm³/mol. The summed E-state index contributed by atoms with van der Waals surface area (Å²) in [6.07, 6.45) is 3.09. The minimum atomic E-state index is -0.154. The van der Waals surface area contributed by atoms with Crippen molar-refractivity contribution in [1.29, 1.82) is 0 Å². The summed E-state index contributed by atoms with van der Waals surface area (Å²) in [6.45, 7) is 4.67. The molecule has 1 amide bonds. The Kier molecular flexibility index (Phi) is 5.27. The molecule has 0 aliphatic rings. The van der Waals surface area contributed by atoms with Crippen molar-refractivity contribution < 1.29 is 4.79 Å². The summed E-state index contributed by atoms with van der Waals surface area (Å²) in [6, 6.07) is 16.0. The summed E-state index contributed by atoms with van der Waals surface area (Å²) in [7, 11) is 1.76. The van der Waals surface area contributed by atoms with Gasteiger partial charge in [0.15, 0.2) is 0 Å². The van der Waals surface area contributed by atoms with Crippen LogP contribution in [0.3, 0.4) is 0 Å². The molecule has 26 heavy (non-hydrogen) atoms. The van der Waals surface area contributed by atoms with Gasteiger partial charge in [-0.2, -0.15) is 0 Å². The van der Waals surface area contributed by atoms with E-state index in [9.17, 15) is 4.79 Å². The number of aromatic nitrogens is 2. The van der Waals surface area contributed by atoms with E-state index in [1.807, 2.05) is 36.4 Å². The van der Waals surface area contributed by atoms with Gasteiger partial charge < -0.3 is 10.2 Å². The van der Waals surface area contributed by atoms with Crippen LogP contribution in [0, 0.1) is 13.8 Å². The smallest absolute Gasteiger partial charge is 0.274 e. The highest BCUT2D eigenvalue weighted by molar-refractivity contribution is 5.91. The Morgan fingerprint density at radius 2 is 1.77 bits per heavy atom. The topological polar surface area (TPSA) is 58.1 Å². The number of carbonyl (C=O) groups excluding carboxylic acids is 1. The van der Waals surface area contributed by atoms with Gasteiger partial charge in [-0.25, -0.2) is 9.97 Å². The summed E-state index contributed by atoms with van der Waals surface area (Å²) in [5, 5.41) is 3.21. The van der Waals surface area contributed by atoms with Gasteiger partial charge in [0.2, 0.25) is 0 Å². The molecule has 0 aliphatic heterocycles. The van der Waals surface area contributed by atoms with E-state index < -0.39 is 0 Å². The first kappa shape index (κ1) is 17.6. The lowest BCUT2D eigenvalue weighted by atomic mass is 10.1. The summed E-state index contributed by atoms with van der Waals surface area (Å²) in [5.74, 6) is 0.453. The van der Waals surface area contributed by atoms with Crippen LogP contribution in [0.1, 0.15) is 27.2 Å². The van der Waals surface area contributed by atoms with Crippen LogP contribution in [0.5, 0.6) is 0 Å². The third kappa shape index (κ3) is 4.25. The molecule has 1 heterocycles. The Bertz CT molecular complexity index is 892. The number of anilines is 2. The Labute approximate surface area is 153 Å². The fourth-order valence-electron chi connectivity index (χ4n) is 2.59. The van der Waals surface area contributed by atoms with E-state index in [1.165, 1.54) is 17.3 Å². The van der Waals surface area contributed by atoms with Crippen LogP contribution in [0.4, 0.5) is 11.5 Å². The highest BCUT2D eigenvalue weighted by Crippen LogP contribution is 2.18. The molecule has 3 rings (SSSR count). The van der Waals surface area contributed by atoms with Crippen molar-refractivity contribution in [3.63, 3.8) is 0 Å². The molecule has 132 valence electrons. The van der Waals surface area contributed by atoms with Crippen molar-refractivity contribution in [3.8, 4) is 0 Å². The zero-order valence-electron chi connectivity index (χ0n) is 15.2. The number of hydrogen-bond donors (Lipinski definition) is 1. The van der Waals surface area contributed by atoms with Crippen LogP contribution in [0.25, 0.3) is 0 Å². The molecule has 0 saturated heterocycles. The van der Waals surface area contributed by atoms with Crippen LogP contribution in [0.15, 0.2) is 60.9 Å². The highest BCUT2D eigenvalue weighted by Gasteiger charge is 2.14. The summed E-state index contributed by atoms with van der Waals surface area (Å²) < 4.78 is 0. The quantitative estimate of drug-likeness (QED) is 0.755. The van der Waals surface area contributed by atoms with Gasteiger partial charge in [-0.3, -0.25) is 4.79 Å². The Morgan fingerprint density at radius 1 is 1.00 bits per heavy atom. The number of nitrogens with one attached hydrogen (secondary N) is 1. The molecule has 5 nitrogen and oxygen atoms in total. The lowest BCUT2D eigenvalue weighted by Gasteiger charge is -2.16. The lowest BCUT2D eigenvalue weighted by Crippen LogP contribution is -2.27. The zero-order chi connectivity index (χ0) is 18.5. The molecule has 2 aromatic carbocycles. The number of benzene rings is 2. The van der Waals surface area contributed by atoms with Gasteiger partial charge in [0.05, 0.1) is 12.4 Å². The highest BCUT2D eigenvalue weighted by atomic mass is 16.2. The molecule has 0 spiro atoms. The summed E-state index contributed by atoms with van der Waals surface area (Å²) >= 11 is 0. The normalized spacial score (nSPS) is 10.4.